The van der Waals surface area contributed by atoms with Crippen molar-refractivity contribution in [2.24, 2.45) is 11.7 Å². The maximum atomic E-state index is 12.5. The molecule has 0 saturated carbocycles. The molecule has 0 spiro atoms. The Balaban J connectivity index is 2.09. The number of hydrogen-bond donors (Lipinski definition) is 1. The van der Waals surface area contributed by atoms with Gasteiger partial charge in [-0.25, -0.2) is 0 Å². The van der Waals surface area contributed by atoms with Crippen molar-refractivity contribution in [1.82, 2.24) is 9.96 Å². The second-order valence-electron chi connectivity index (χ2n) is 5.69. The van der Waals surface area contributed by atoms with Gasteiger partial charge in [-0.3, -0.25) is 24.1 Å². The van der Waals surface area contributed by atoms with E-state index < -0.39 is 35.9 Å². The Morgan fingerprint density at radius 1 is 1.30 bits per heavy atom. The molecule has 2 N–H and O–H groups in total. The number of halogens is 1. The molecule has 7 nitrogen and oxygen atoms in total. The highest BCUT2D eigenvalue weighted by Crippen LogP contribution is 2.46. The molecule has 0 bridgehead atoms. The number of hydroxylamine groups is 2. The topological polar surface area (TPSA) is 92.9 Å². The van der Waals surface area contributed by atoms with Crippen LogP contribution < -0.4 is 5.73 Å². The van der Waals surface area contributed by atoms with Crippen LogP contribution in [0.3, 0.4) is 0 Å². The van der Waals surface area contributed by atoms with Crippen molar-refractivity contribution in [3.8, 4) is 0 Å². The van der Waals surface area contributed by atoms with Crippen LogP contribution in [-0.4, -0.2) is 46.9 Å². The predicted octanol–water partition coefficient (Wildman–Crippen LogP) is 0.595. The number of benzene rings is 1. The Labute approximate surface area is 141 Å². The van der Waals surface area contributed by atoms with E-state index in [-0.39, 0.29) is 5.91 Å². The summed E-state index contributed by atoms with van der Waals surface area (Å²) < 4.78 is 0.769. The summed E-state index contributed by atoms with van der Waals surface area (Å²) in [7, 11) is 1.44. The number of nitrogens with two attached hydrogens (primary N) is 1. The number of carbonyl (C=O) groups is 3. The molecule has 3 rings (SSSR count). The first kappa shape index (κ1) is 16.1. The molecule has 0 aromatic heterocycles. The zero-order chi connectivity index (χ0) is 16.9. The predicted molar refractivity (Wildman–Crippen MR) is 83.5 cm³/mol. The van der Waals surface area contributed by atoms with Crippen LogP contribution in [0.2, 0.25) is 0 Å². The lowest BCUT2D eigenvalue weighted by molar-refractivity contribution is -0.196. The molecule has 4 atom stereocenters. The fourth-order valence-corrected chi connectivity index (χ4v) is 3.59. The third-order valence-corrected chi connectivity index (χ3v) is 5.10. The summed E-state index contributed by atoms with van der Waals surface area (Å²) in [5.74, 6) is -2.01. The summed E-state index contributed by atoms with van der Waals surface area (Å²) in [4.78, 5) is 43.1. The molecule has 8 heteroatoms. The third kappa shape index (κ3) is 2.37. The highest BCUT2D eigenvalue weighted by atomic mass is 79.9. The minimum absolute atomic E-state index is 0.320. The molecule has 23 heavy (non-hydrogen) atoms. The molecule has 4 unspecified atom stereocenters. The first-order valence-corrected chi connectivity index (χ1v) is 7.94. The Kier molecular flexibility index (Phi) is 3.99. The van der Waals surface area contributed by atoms with Gasteiger partial charge in [0.25, 0.3) is 5.91 Å². The minimum Gasteiger partial charge on any atom is -0.368 e. The van der Waals surface area contributed by atoms with Gasteiger partial charge in [-0.2, -0.15) is 5.06 Å². The summed E-state index contributed by atoms with van der Waals surface area (Å²) in [6, 6.07) is 5.99. The maximum Gasteiger partial charge on any atom is 0.261 e. The molecular formula is C15H16BrN3O4. The number of likely N-dealkylation sites (N-methyl/N-ethyl adjacent to an activating group) is 1. The first-order valence-electron chi connectivity index (χ1n) is 7.15. The van der Waals surface area contributed by atoms with Crippen LogP contribution in [-0.2, 0) is 19.2 Å². The van der Waals surface area contributed by atoms with Gasteiger partial charge in [-0.1, -0.05) is 34.1 Å². The Morgan fingerprint density at radius 3 is 2.57 bits per heavy atom. The molecule has 1 aromatic rings. The van der Waals surface area contributed by atoms with Crippen molar-refractivity contribution < 1.29 is 19.2 Å². The summed E-state index contributed by atoms with van der Waals surface area (Å²) in [5.41, 5.74) is 6.16. The van der Waals surface area contributed by atoms with Crippen LogP contribution in [0.4, 0.5) is 0 Å². The molecule has 0 radical (unpaired) electrons. The molecule has 2 aliphatic heterocycles. The van der Waals surface area contributed by atoms with Crippen LogP contribution in [0.25, 0.3) is 0 Å². The van der Waals surface area contributed by atoms with Gasteiger partial charge in [0.1, 0.15) is 6.04 Å². The third-order valence-electron chi connectivity index (χ3n) is 4.38. The SMILES string of the molecule is CC(C(N)=O)N1OC2C(=O)N(C)C(=O)C2C1c1ccccc1Br. The first-order chi connectivity index (χ1) is 10.8. The van der Waals surface area contributed by atoms with Gasteiger partial charge in [0, 0.05) is 11.5 Å². The summed E-state index contributed by atoms with van der Waals surface area (Å²) in [5, 5.41) is 1.38. The molecule has 1 aromatic carbocycles. The summed E-state index contributed by atoms with van der Waals surface area (Å²) in [6.07, 6.45) is -0.925. The normalized spacial score (nSPS) is 29.0. The maximum absolute atomic E-state index is 12.5. The van der Waals surface area contributed by atoms with Gasteiger partial charge in [0.05, 0.1) is 12.0 Å². The molecule has 2 saturated heterocycles. The molecular weight excluding hydrogens is 366 g/mol. The van der Waals surface area contributed by atoms with E-state index in [9.17, 15) is 14.4 Å². The summed E-state index contributed by atoms with van der Waals surface area (Å²) >= 11 is 3.46. The van der Waals surface area contributed by atoms with E-state index in [2.05, 4.69) is 15.9 Å². The van der Waals surface area contributed by atoms with E-state index in [1.54, 1.807) is 6.92 Å². The highest BCUT2D eigenvalue weighted by molar-refractivity contribution is 9.10. The molecule has 2 aliphatic rings. The zero-order valence-electron chi connectivity index (χ0n) is 12.6. The van der Waals surface area contributed by atoms with Crippen LogP contribution in [0.5, 0.6) is 0 Å². The van der Waals surface area contributed by atoms with Gasteiger partial charge >= 0.3 is 0 Å². The smallest absolute Gasteiger partial charge is 0.261 e. The number of carbonyl (C=O) groups excluding carboxylic acids is 3. The Bertz CT molecular complexity index is 695. The minimum atomic E-state index is -0.925. The van der Waals surface area contributed by atoms with E-state index in [0.29, 0.717) is 0 Å². The number of nitrogens with zero attached hydrogens (tertiary/aromatic N) is 2. The van der Waals surface area contributed by atoms with E-state index in [4.69, 9.17) is 10.6 Å². The van der Waals surface area contributed by atoms with Gasteiger partial charge in [-0.05, 0) is 18.6 Å². The van der Waals surface area contributed by atoms with E-state index in [1.807, 2.05) is 24.3 Å². The summed E-state index contributed by atoms with van der Waals surface area (Å²) in [6.45, 7) is 1.59. The van der Waals surface area contributed by atoms with E-state index >= 15 is 0 Å². The lowest BCUT2D eigenvalue weighted by Gasteiger charge is -2.30. The van der Waals surface area contributed by atoms with Crippen molar-refractivity contribution in [1.29, 1.82) is 0 Å². The number of rotatable bonds is 3. The zero-order valence-corrected chi connectivity index (χ0v) is 14.2. The van der Waals surface area contributed by atoms with Crippen LogP contribution >= 0.6 is 15.9 Å². The van der Waals surface area contributed by atoms with Crippen LogP contribution in [0.1, 0.15) is 18.5 Å². The quantitative estimate of drug-likeness (QED) is 0.773. The monoisotopic (exact) mass is 381 g/mol. The highest BCUT2D eigenvalue weighted by Gasteiger charge is 2.60. The van der Waals surface area contributed by atoms with Crippen molar-refractivity contribution in [2.75, 3.05) is 7.05 Å². The molecule has 2 fully saturated rings. The number of hydrogen-bond acceptors (Lipinski definition) is 5. The number of likely N-dealkylation sites (tertiary alicyclic amines) is 1. The fourth-order valence-electron chi connectivity index (χ4n) is 3.08. The number of imide groups is 1. The van der Waals surface area contributed by atoms with Crippen molar-refractivity contribution in [2.45, 2.75) is 25.1 Å². The van der Waals surface area contributed by atoms with Gasteiger partial charge in [0.2, 0.25) is 11.8 Å². The number of primary amides is 1. The largest absolute Gasteiger partial charge is 0.368 e. The van der Waals surface area contributed by atoms with Gasteiger partial charge in [-0.15, -0.1) is 0 Å². The van der Waals surface area contributed by atoms with E-state index in [0.717, 1.165) is 14.9 Å². The average Bonchev–Trinajstić information content (AvgIpc) is 3.00. The van der Waals surface area contributed by atoms with Crippen LogP contribution in [0, 0.1) is 5.92 Å². The fraction of sp³-hybridized carbons (Fsp3) is 0.400. The number of amides is 3. The van der Waals surface area contributed by atoms with Gasteiger partial charge < -0.3 is 5.73 Å². The van der Waals surface area contributed by atoms with Crippen molar-refractivity contribution in [3.63, 3.8) is 0 Å². The van der Waals surface area contributed by atoms with E-state index in [1.165, 1.54) is 12.1 Å². The number of fused-ring (bicyclic) bond motifs is 1. The second-order valence-corrected chi connectivity index (χ2v) is 6.55. The lowest BCUT2D eigenvalue weighted by atomic mass is 9.90. The van der Waals surface area contributed by atoms with Crippen LogP contribution in [0.15, 0.2) is 28.7 Å². The Morgan fingerprint density at radius 2 is 1.96 bits per heavy atom. The molecule has 122 valence electrons. The lowest BCUT2D eigenvalue weighted by Crippen LogP contribution is -2.44. The van der Waals surface area contributed by atoms with Crippen molar-refractivity contribution in [3.05, 3.63) is 34.3 Å². The standard InChI is InChI=1S/C15H16BrN3O4/c1-7(13(17)20)19-11(8-5-3-4-6-9(8)16)10-12(23-19)15(22)18(2)14(10)21/h3-7,10-12H,1-2H3,(H2,17,20). The van der Waals surface area contributed by atoms with Gasteiger partial charge in [0.15, 0.2) is 6.10 Å². The van der Waals surface area contributed by atoms with Crippen molar-refractivity contribution >= 4 is 33.7 Å². The molecule has 0 aliphatic carbocycles. The Hall–Kier alpha value is -1.77. The molecule has 2 heterocycles. The second kappa shape index (κ2) is 5.70. The average molecular weight is 382 g/mol. The molecule has 3 amide bonds.